The Hall–Kier alpha value is -1.99. The van der Waals surface area contributed by atoms with Gasteiger partial charge in [0.05, 0.1) is 22.7 Å². The van der Waals surface area contributed by atoms with Crippen LogP contribution in [-0.2, 0) is 15.6 Å². The van der Waals surface area contributed by atoms with E-state index in [0.717, 1.165) is 35.5 Å². The number of methoxy groups -OCH3 is 1. The summed E-state index contributed by atoms with van der Waals surface area (Å²) in [5.41, 5.74) is 1.47. The number of nitrogens with zero attached hydrogens (tertiary/aromatic N) is 5. The average Bonchev–Trinajstić information content (AvgIpc) is 3.38. The summed E-state index contributed by atoms with van der Waals surface area (Å²) in [6, 6.07) is 4.44. The zero-order valence-corrected chi connectivity index (χ0v) is 21.1. The fourth-order valence-corrected chi connectivity index (χ4v) is 4.88. The number of unbranched alkanes of at least 4 members (excludes halogenated alkanes) is 1. The molecule has 0 saturated carbocycles. The molecule has 0 saturated heterocycles. The molecular formula is C24H37N5OS. The second-order valence-electron chi connectivity index (χ2n) is 9.84. The van der Waals surface area contributed by atoms with Gasteiger partial charge in [-0.3, -0.25) is 0 Å². The molecule has 3 aromatic heterocycles. The molecule has 3 aromatic rings. The number of rotatable bonds is 9. The summed E-state index contributed by atoms with van der Waals surface area (Å²) < 4.78 is 7.34. The largest absolute Gasteiger partial charge is 0.384 e. The highest BCUT2D eigenvalue weighted by atomic mass is 32.1. The number of hydrogen-bond acceptors (Lipinski definition) is 6. The minimum absolute atomic E-state index is 0.105. The second-order valence-corrected chi connectivity index (χ2v) is 10.9. The van der Waals surface area contributed by atoms with Gasteiger partial charge < -0.3 is 9.64 Å². The van der Waals surface area contributed by atoms with Gasteiger partial charge in [-0.15, -0.1) is 21.5 Å². The highest BCUT2D eigenvalue weighted by Crippen LogP contribution is 2.28. The number of hydrogen-bond donors (Lipinski definition) is 0. The Morgan fingerprint density at radius 2 is 1.87 bits per heavy atom. The van der Waals surface area contributed by atoms with Crippen LogP contribution >= 0.6 is 11.3 Å². The van der Waals surface area contributed by atoms with Gasteiger partial charge in [-0.1, -0.05) is 48.0 Å². The molecule has 0 aliphatic carbocycles. The molecule has 0 spiro atoms. The topological polar surface area (TPSA) is 55.6 Å². The van der Waals surface area contributed by atoms with Gasteiger partial charge in [0.25, 0.3) is 0 Å². The molecule has 31 heavy (non-hydrogen) atoms. The van der Waals surface area contributed by atoms with E-state index in [-0.39, 0.29) is 10.8 Å². The fourth-order valence-electron chi connectivity index (χ4n) is 3.84. The number of thiophene rings is 1. The lowest BCUT2D eigenvalue weighted by molar-refractivity contribution is 0.141. The SMILES string of the molecule is CCCCN(CC)c1ccc(C=c2c(C(C)(C)C)nn3c(C(C)(C)COC)nnc23)s1. The van der Waals surface area contributed by atoms with E-state index >= 15 is 0 Å². The van der Waals surface area contributed by atoms with E-state index < -0.39 is 0 Å². The Morgan fingerprint density at radius 3 is 2.48 bits per heavy atom. The highest BCUT2D eigenvalue weighted by molar-refractivity contribution is 7.16. The molecule has 170 valence electrons. The van der Waals surface area contributed by atoms with Gasteiger partial charge in [0.1, 0.15) is 0 Å². The van der Waals surface area contributed by atoms with Gasteiger partial charge in [-0.05, 0) is 31.6 Å². The first-order valence-corrected chi connectivity index (χ1v) is 12.1. The zero-order chi connectivity index (χ0) is 22.8. The summed E-state index contributed by atoms with van der Waals surface area (Å²) in [7, 11) is 1.71. The van der Waals surface area contributed by atoms with E-state index in [1.54, 1.807) is 7.11 Å². The number of ether oxygens (including phenoxy) is 1. The molecule has 0 unspecified atom stereocenters. The Labute approximate surface area is 190 Å². The first-order chi connectivity index (χ1) is 14.6. The van der Waals surface area contributed by atoms with Gasteiger partial charge in [0.2, 0.25) is 0 Å². The molecule has 0 aliphatic heterocycles. The van der Waals surface area contributed by atoms with Crippen molar-refractivity contribution in [3.63, 3.8) is 0 Å². The Balaban J connectivity index is 2.11. The summed E-state index contributed by atoms with van der Waals surface area (Å²) in [4.78, 5) is 3.67. The van der Waals surface area contributed by atoms with Crippen molar-refractivity contribution in [1.29, 1.82) is 0 Å². The second kappa shape index (κ2) is 9.25. The maximum atomic E-state index is 5.42. The van der Waals surface area contributed by atoms with Crippen LogP contribution < -0.4 is 10.1 Å². The zero-order valence-electron chi connectivity index (χ0n) is 20.3. The maximum Gasteiger partial charge on any atom is 0.187 e. The molecule has 0 N–H and O–H groups in total. The van der Waals surface area contributed by atoms with Crippen LogP contribution in [0.2, 0.25) is 0 Å². The van der Waals surface area contributed by atoms with Crippen molar-refractivity contribution in [3.8, 4) is 0 Å². The van der Waals surface area contributed by atoms with E-state index in [9.17, 15) is 0 Å². The third-order valence-electron chi connectivity index (χ3n) is 5.53. The highest BCUT2D eigenvalue weighted by Gasteiger charge is 2.30. The molecule has 6 nitrogen and oxygen atoms in total. The Bertz CT molecular complexity index is 1060. The van der Waals surface area contributed by atoms with Crippen molar-refractivity contribution in [3.05, 3.63) is 33.7 Å². The summed E-state index contributed by atoms with van der Waals surface area (Å²) in [6.07, 6.45) is 4.65. The van der Waals surface area contributed by atoms with Gasteiger partial charge >= 0.3 is 0 Å². The predicted octanol–water partition coefficient (Wildman–Crippen LogP) is 4.58. The van der Waals surface area contributed by atoms with Crippen molar-refractivity contribution in [1.82, 2.24) is 19.8 Å². The number of fused-ring (bicyclic) bond motifs is 1. The monoisotopic (exact) mass is 443 g/mol. The lowest BCUT2D eigenvalue weighted by Crippen LogP contribution is -2.27. The Kier molecular flexibility index (Phi) is 7.06. The lowest BCUT2D eigenvalue weighted by Gasteiger charge is -2.20. The third kappa shape index (κ3) is 4.93. The van der Waals surface area contributed by atoms with Crippen LogP contribution in [-0.4, -0.2) is 46.6 Å². The van der Waals surface area contributed by atoms with Crippen LogP contribution in [0.1, 0.15) is 77.7 Å². The number of aromatic nitrogens is 4. The van der Waals surface area contributed by atoms with Crippen LogP contribution in [0.5, 0.6) is 0 Å². The predicted molar refractivity (Wildman–Crippen MR) is 130 cm³/mol. The van der Waals surface area contributed by atoms with Crippen LogP contribution in [0.15, 0.2) is 12.1 Å². The normalized spacial score (nSPS) is 13.5. The van der Waals surface area contributed by atoms with Crippen molar-refractivity contribution in [2.75, 3.05) is 31.7 Å². The molecule has 0 aromatic carbocycles. The smallest absolute Gasteiger partial charge is 0.187 e. The van der Waals surface area contributed by atoms with Crippen molar-refractivity contribution in [2.45, 2.75) is 72.1 Å². The standard InChI is InChI=1S/C24H37N5OS/c1-9-11-14-28(10-2)19-13-12-17(31-19)15-18-20(23(3,4)5)27-29-21(18)25-26-22(29)24(6,7)16-30-8/h12-13,15H,9-11,14,16H2,1-8H3. The minimum atomic E-state index is -0.279. The Morgan fingerprint density at radius 1 is 1.13 bits per heavy atom. The molecule has 0 fully saturated rings. The van der Waals surface area contributed by atoms with E-state index in [0.29, 0.717) is 6.61 Å². The lowest BCUT2D eigenvalue weighted by atomic mass is 9.91. The maximum absolute atomic E-state index is 5.42. The molecule has 0 atom stereocenters. The van der Waals surface area contributed by atoms with E-state index in [1.165, 1.54) is 22.7 Å². The van der Waals surface area contributed by atoms with E-state index in [1.807, 2.05) is 15.9 Å². The summed E-state index contributed by atoms with van der Waals surface area (Å²) in [5, 5.41) is 16.4. The molecule has 3 heterocycles. The number of anilines is 1. The van der Waals surface area contributed by atoms with E-state index in [4.69, 9.17) is 9.84 Å². The third-order valence-corrected chi connectivity index (χ3v) is 6.62. The molecular weight excluding hydrogens is 406 g/mol. The minimum Gasteiger partial charge on any atom is -0.384 e. The molecule has 7 heteroatoms. The van der Waals surface area contributed by atoms with E-state index in [2.05, 4.69) is 81.8 Å². The van der Waals surface area contributed by atoms with Crippen LogP contribution in [0.4, 0.5) is 5.00 Å². The van der Waals surface area contributed by atoms with Gasteiger partial charge in [-0.25, -0.2) is 0 Å². The van der Waals surface area contributed by atoms with Crippen molar-refractivity contribution < 1.29 is 4.74 Å². The molecule has 3 rings (SSSR count). The van der Waals surface area contributed by atoms with Gasteiger partial charge in [-0.2, -0.15) is 9.61 Å². The first-order valence-electron chi connectivity index (χ1n) is 11.2. The van der Waals surface area contributed by atoms with Crippen LogP contribution in [0.25, 0.3) is 11.7 Å². The summed E-state index contributed by atoms with van der Waals surface area (Å²) in [5.74, 6) is 0.832. The van der Waals surface area contributed by atoms with Crippen LogP contribution in [0.3, 0.4) is 0 Å². The van der Waals surface area contributed by atoms with Crippen molar-refractivity contribution >= 4 is 28.1 Å². The molecule has 0 aliphatic rings. The fraction of sp³-hybridized carbons (Fsp3) is 0.625. The summed E-state index contributed by atoms with van der Waals surface area (Å²) >= 11 is 1.83. The van der Waals surface area contributed by atoms with Crippen molar-refractivity contribution in [2.24, 2.45) is 0 Å². The first kappa shape index (κ1) is 23.7. The molecule has 0 bridgehead atoms. The average molecular weight is 444 g/mol. The van der Waals surface area contributed by atoms with Gasteiger partial charge in [0.15, 0.2) is 11.5 Å². The molecule has 0 amide bonds. The van der Waals surface area contributed by atoms with Gasteiger partial charge in [0, 0.05) is 35.7 Å². The molecule has 0 radical (unpaired) electrons. The summed E-state index contributed by atoms with van der Waals surface area (Å²) in [6.45, 7) is 18.0. The quantitative estimate of drug-likeness (QED) is 0.484. The van der Waals surface area contributed by atoms with Crippen LogP contribution in [0, 0.1) is 0 Å².